The molecule has 1 aromatic rings. The van der Waals surface area contributed by atoms with Gasteiger partial charge in [-0.25, -0.2) is 0 Å². The first-order valence-corrected chi connectivity index (χ1v) is 5.15. The van der Waals surface area contributed by atoms with E-state index < -0.39 is 0 Å². The van der Waals surface area contributed by atoms with Crippen molar-refractivity contribution >= 4 is 5.78 Å². The highest BCUT2D eigenvalue weighted by Gasteiger charge is 2.01. The fourth-order valence-corrected chi connectivity index (χ4v) is 1.33. The summed E-state index contributed by atoms with van der Waals surface area (Å²) in [5.41, 5.74) is 2.17. The molecule has 14 heavy (non-hydrogen) atoms. The summed E-state index contributed by atoms with van der Waals surface area (Å²) in [5.74, 6) is 0.355. The van der Waals surface area contributed by atoms with Gasteiger partial charge in [0.05, 0.1) is 0 Å². The van der Waals surface area contributed by atoms with Crippen LogP contribution in [0.5, 0.6) is 0 Å². The van der Waals surface area contributed by atoms with E-state index in [4.69, 9.17) is 0 Å². The Hall–Kier alpha value is -1.18. The second-order valence-electron chi connectivity index (χ2n) is 3.60. The Morgan fingerprint density at radius 1 is 1.36 bits per heavy atom. The molecule has 0 spiro atoms. The van der Waals surface area contributed by atoms with Crippen LogP contribution in [0.25, 0.3) is 0 Å². The fourth-order valence-electron chi connectivity index (χ4n) is 1.33. The molecule has 0 saturated carbocycles. The van der Waals surface area contributed by atoms with Gasteiger partial charge >= 0.3 is 0 Å². The van der Waals surface area contributed by atoms with Gasteiger partial charge in [0.15, 0.2) is 0 Å². The molecule has 2 heteroatoms. The van der Waals surface area contributed by atoms with Crippen molar-refractivity contribution in [3.05, 3.63) is 29.6 Å². The van der Waals surface area contributed by atoms with Crippen LogP contribution in [0.4, 0.5) is 0 Å². The van der Waals surface area contributed by atoms with Gasteiger partial charge in [0.1, 0.15) is 5.78 Å². The highest BCUT2D eigenvalue weighted by atomic mass is 16.1. The first-order valence-electron chi connectivity index (χ1n) is 5.15. The molecule has 1 heterocycles. The Bertz CT molecular complexity index is 290. The molecular formula is C12H17NO. The smallest absolute Gasteiger partial charge is 0.133 e. The van der Waals surface area contributed by atoms with Crippen molar-refractivity contribution in [3.63, 3.8) is 0 Å². The molecule has 0 bridgehead atoms. The van der Waals surface area contributed by atoms with Gasteiger partial charge in [0.25, 0.3) is 0 Å². The van der Waals surface area contributed by atoms with Gasteiger partial charge in [-0.1, -0.05) is 13.0 Å². The molecule has 0 amide bonds. The molecule has 0 N–H and O–H groups in total. The van der Waals surface area contributed by atoms with E-state index >= 15 is 0 Å². The third kappa shape index (κ3) is 3.69. The number of Topliss-reactive ketones (excluding diaryl/α,β-unsaturated/α-hetero) is 1. The molecule has 0 atom stereocenters. The van der Waals surface area contributed by atoms with Crippen LogP contribution >= 0.6 is 0 Å². The Kier molecular flexibility index (Phi) is 4.30. The minimum atomic E-state index is 0.355. The largest absolute Gasteiger partial charge is 0.300 e. The number of carbonyl (C=O) groups is 1. The van der Waals surface area contributed by atoms with Crippen LogP contribution in [0.3, 0.4) is 0 Å². The van der Waals surface area contributed by atoms with Crippen molar-refractivity contribution in [2.45, 2.75) is 39.5 Å². The summed E-state index contributed by atoms with van der Waals surface area (Å²) >= 11 is 0. The molecule has 0 aliphatic carbocycles. The Morgan fingerprint density at radius 2 is 2.14 bits per heavy atom. The van der Waals surface area contributed by atoms with Crippen molar-refractivity contribution in [2.24, 2.45) is 0 Å². The van der Waals surface area contributed by atoms with Gasteiger partial charge in [0.2, 0.25) is 0 Å². The molecule has 0 aromatic carbocycles. The maximum atomic E-state index is 11.3. The number of aromatic nitrogens is 1. The summed E-state index contributed by atoms with van der Waals surface area (Å²) in [6.07, 6.45) is 4.99. The van der Waals surface area contributed by atoms with Gasteiger partial charge in [-0.2, -0.15) is 0 Å². The van der Waals surface area contributed by atoms with Gasteiger partial charge in [-0.3, -0.25) is 9.78 Å². The van der Waals surface area contributed by atoms with E-state index in [1.807, 2.05) is 32.2 Å². The van der Waals surface area contributed by atoms with Crippen LogP contribution < -0.4 is 0 Å². The highest BCUT2D eigenvalue weighted by Crippen LogP contribution is 2.05. The molecule has 2 nitrogen and oxygen atoms in total. The standard InChI is InChI=1S/C12H17NO/c1-3-4-12(14)8-7-11-6-5-10(2)13-9-11/h5-6,9H,3-4,7-8H2,1-2H3. The van der Waals surface area contributed by atoms with Gasteiger partial charge < -0.3 is 0 Å². The normalized spacial score (nSPS) is 10.1. The molecule has 0 fully saturated rings. The minimum absolute atomic E-state index is 0.355. The molecule has 0 aliphatic heterocycles. The number of aryl methyl sites for hydroxylation is 2. The minimum Gasteiger partial charge on any atom is -0.300 e. The fraction of sp³-hybridized carbons (Fsp3) is 0.500. The first kappa shape index (κ1) is 10.9. The number of hydrogen-bond acceptors (Lipinski definition) is 2. The molecule has 0 unspecified atom stereocenters. The topological polar surface area (TPSA) is 30.0 Å². The quantitative estimate of drug-likeness (QED) is 0.716. The maximum Gasteiger partial charge on any atom is 0.133 e. The zero-order valence-electron chi connectivity index (χ0n) is 8.92. The number of ketones is 1. The van der Waals surface area contributed by atoms with E-state index in [0.717, 1.165) is 24.1 Å². The van der Waals surface area contributed by atoms with E-state index in [1.54, 1.807) is 0 Å². The summed E-state index contributed by atoms with van der Waals surface area (Å²) < 4.78 is 0. The van der Waals surface area contributed by atoms with Crippen LogP contribution in [0.2, 0.25) is 0 Å². The van der Waals surface area contributed by atoms with E-state index in [-0.39, 0.29) is 0 Å². The summed E-state index contributed by atoms with van der Waals surface area (Å²) in [6.45, 7) is 4.00. The Balaban J connectivity index is 2.38. The highest BCUT2D eigenvalue weighted by molar-refractivity contribution is 5.78. The zero-order chi connectivity index (χ0) is 10.4. The summed E-state index contributed by atoms with van der Waals surface area (Å²) in [6, 6.07) is 4.03. The van der Waals surface area contributed by atoms with Crippen LogP contribution in [-0.2, 0) is 11.2 Å². The number of rotatable bonds is 5. The zero-order valence-corrected chi connectivity index (χ0v) is 8.92. The van der Waals surface area contributed by atoms with Crippen LogP contribution in [0.15, 0.2) is 18.3 Å². The van der Waals surface area contributed by atoms with Crippen molar-refractivity contribution in [1.29, 1.82) is 0 Å². The van der Waals surface area contributed by atoms with Crippen LogP contribution in [0.1, 0.15) is 37.4 Å². The van der Waals surface area contributed by atoms with Gasteiger partial charge in [-0.15, -0.1) is 0 Å². The lowest BCUT2D eigenvalue weighted by atomic mass is 10.1. The molecular weight excluding hydrogens is 174 g/mol. The lowest BCUT2D eigenvalue weighted by Crippen LogP contribution is -1.99. The Morgan fingerprint density at radius 3 is 2.71 bits per heavy atom. The molecule has 0 saturated heterocycles. The molecule has 0 aliphatic rings. The molecule has 76 valence electrons. The third-order valence-electron chi connectivity index (χ3n) is 2.19. The number of hydrogen-bond donors (Lipinski definition) is 0. The van der Waals surface area contributed by atoms with E-state index in [9.17, 15) is 4.79 Å². The van der Waals surface area contributed by atoms with Crippen molar-refractivity contribution in [1.82, 2.24) is 4.98 Å². The second kappa shape index (κ2) is 5.53. The number of nitrogens with zero attached hydrogens (tertiary/aromatic N) is 1. The molecule has 1 aromatic heterocycles. The van der Waals surface area contributed by atoms with Crippen LogP contribution in [0, 0.1) is 6.92 Å². The van der Waals surface area contributed by atoms with Crippen molar-refractivity contribution < 1.29 is 4.79 Å². The lowest BCUT2D eigenvalue weighted by molar-refractivity contribution is -0.119. The number of carbonyl (C=O) groups excluding carboxylic acids is 1. The van der Waals surface area contributed by atoms with E-state index in [2.05, 4.69) is 4.98 Å². The second-order valence-corrected chi connectivity index (χ2v) is 3.60. The first-order chi connectivity index (χ1) is 6.72. The van der Waals surface area contributed by atoms with Crippen molar-refractivity contribution in [3.8, 4) is 0 Å². The average Bonchev–Trinajstić information content (AvgIpc) is 2.17. The third-order valence-corrected chi connectivity index (χ3v) is 2.19. The number of pyridine rings is 1. The monoisotopic (exact) mass is 191 g/mol. The summed E-state index contributed by atoms with van der Waals surface area (Å²) in [5, 5.41) is 0. The summed E-state index contributed by atoms with van der Waals surface area (Å²) in [4.78, 5) is 15.5. The molecule has 0 radical (unpaired) electrons. The predicted molar refractivity (Wildman–Crippen MR) is 57.2 cm³/mol. The lowest BCUT2D eigenvalue weighted by Gasteiger charge is -2.00. The molecule has 1 rings (SSSR count). The van der Waals surface area contributed by atoms with Crippen LogP contribution in [-0.4, -0.2) is 10.8 Å². The SMILES string of the molecule is CCCC(=O)CCc1ccc(C)nc1. The summed E-state index contributed by atoms with van der Waals surface area (Å²) in [7, 11) is 0. The van der Waals surface area contributed by atoms with Gasteiger partial charge in [-0.05, 0) is 31.4 Å². The van der Waals surface area contributed by atoms with E-state index in [1.165, 1.54) is 0 Å². The Labute approximate surface area is 85.4 Å². The maximum absolute atomic E-state index is 11.3. The predicted octanol–water partition coefficient (Wildman–Crippen LogP) is 2.69. The van der Waals surface area contributed by atoms with E-state index in [0.29, 0.717) is 18.6 Å². The van der Waals surface area contributed by atoms with Gasteiger partial charge in [0, 0.05) is 24.7 Å². The van der Waals surface area contributed by atoms with Crippen molar-refractivity contribution in [2.75, 3.05) is 0 Å². The average molecular weight is 191 g/mol.